The molecular weight excluding hydrogens is 274 g/mol. The zero-order chi connectivity index (χ0) is 13.0. The van der Waals surface area contributed by atoms with Crippen LogP contribution >= 0.6 is 0 Å². The molecule has 2 atom stereocenters. The molecule has 8 N–H and O–H groups in total. The van der Waals surface area contributed by atoms with Gasteiger partial charge in [0.1, 0.15) is 0 Å². The minimum Gasteiger partial charge on any atom is -0.390 e. The summed E-state index contributed by atoms with van der Waals surface area (Å²) in [5.41, 5.74) is 0. The molecule has 16 heavy (non-hydrogen) atoms. The molecule has 0 saturated heterocycles. The van der Waals surface area contributed by atoms with E-state index in [1.807, 2.05) is 0 Å². The summed E-state index contributed by atoms with van der Waals surface area (Å²) in [5, 5.41) is 0. The van der Waals surface area contributed by atoms with Gasteiger partial charge < -0.3 is 17.8 Å². The van der Waals surface area contributed by atoms with E-state index >= 15 is 0 Å². The maximum absolute atomic E-state index is 9.51. The van der Waals surface area contributed by atoms with Crippen LogP contribution in [-0.4, -0.2) is 36.0 Å². The van der Waals surface area contributed by atoms with Crippen molar-refractivity contribution in [1.29, 1.82) is 0 Å². The minimum absolute atomic E-state index is 1.22. The molecule has 10 nitrogen and oxygen atoms in total. The minimum atomic E-state index is -3.62. The van der Waals surface area contributed by atoms with Gasteiger partial charge in [-0.1, -0.05) is 0 Å². The molecule has 0 aromatic heterocycles. The van der Waals surface area contributed by atoms with E-state index in [1.54, 1.807) is 0 Å². The Kier molecular flexibility index (Phi) is 5.82. The molecule has 0 radical (unpaired) electrons. The van der Waals surface area contributed by atoms with Crippen molar-refractivity contribution in [3.8, 4) is 0 Å². The summed E-state index contributed by atoms with van der Waals surface area (Å²) in [6.45, 7) is 3.76. The van der Waals surface area contributed by atoms with Crippen LogP contribution in [0.1, 0.15) is 0 Å². The van der Waals surface area contributed by atoms with Crippen LogP contribution in [0, 0.1) is 0 Å². The summed E-state index contributed by atoms with van der Waals surface area (Å²) in [7, 11) is -10.8. The number of rotatable bonds is 7. The monoisotopic (exact) mass is 291 g/mol. The molecule has 0 aromatic rings. The number of nitrogens with two attached hydrogens (primary N) is 3. The van der Waals surface area contributed by atoms with Crippen LogP contribution in [0.25, 0.3) is 0 Å². The van der Waals surface area contributed by atoms with Crippen LogP contribution in [-0.2, 0) is 21.8 Å². The van der Waals surface area contributed by atoms with Gasteiger partial charge in [0.2, 0.25) is 0 Å². The lowest BCUT2D eigenvalue weighted by molar-refractivity contribution is 0.0692. The maximum Gasteiger partial charge on any atom is 0.504 e. The fourth-order valence-corrected chi connectivity index (χ4v) is 7.62. The van der Waals surface area contributed by atoms with Gasteiger partial charge in [-0.25, -0.2) is 17.7 Å². The SMILES string of the molecule is C[Si](O)(ON)O[Si](C)(ON)O[Si](C)(O)ON. The van der Waals surface area contributed by atoms with E-state index in [1.165, 1.54) is 19.6 Å². The normalized spacial score (nSPS) is 23.2. The zero-order valence-electron chi connectivity index (χ0n) is 9.17. The van der Waals surface area contributed by atoms with Gasteiger partial charge in [-0.05, 0) is 0 Å². The molecule has 0 aliphatic carbocycles. The molecule has 0 fully saturated rings. The van der Waals surface area contributed by atoms with Gasteiger partial charge in [0.05, 0.1) is 0 Å². The highest BCUT2D eigenvalue weighted by atomic mass is 28.5. The average molecular weight is 291 g/mol. The van der Waals surface area contributed by atoms with Crippen LogP contribution < -0.4 is 17.7 Å². The largest absolute Gasteiger partial charge is 0.504 e. The van der Waals surface area contributed by atoms with Crippen molar-refractivity contribution in [2.75, 3.05) is 0 Å². The predicted octanol–water partition coefficient (Wildman–Crippen LogP) is -2.62. The van der Waals surface area contributed by atoms with Crippen LogP contribution in [0.5, 0.6) is 0 Å². The second-order valence-electron chi connectivity index (χ2n) is 3.22. The summed E-state index contributed by atoms with van der Waals surface area (Å²) in [6, 6.07) is 0. The molecule has 0 saturated carbocycles. The third kappa shape index (κ3) is 5.54. The number of hydrogen-bond acceptors (Lipinski definition) is 10. The maximum atomic E-state index is 9.51. The van der Waals surface area contributed by atoms with E-state index in [0.717, 1.165) is 0 Å². The summed E-state index contributed by atoms with van der Waals surface area (Å²) < 4.78 is 23.0. The summed E-state index contributed by atoms with van der Waals surface area (Å²) in [4.78, 5) is 19.0. The van der Waals surface area contributed by atoms with Gasteiger partial charge in [-0.3, -0.25) is 13.6 Å². The highest BCUT2D eigenvalue weighted by Crippen LogP contribution is 2.17. The molecule has 0 bridgehead atoms. The second-order valence-corrected chi connectivity index (χ2v) is 10.9. The molecule has 0 aliphatic heterocycles. The van der Waals surface area contributed by atoms with E-state index < -0.39 is 26.4 Å². The lowest BCUT2D eigenvalue weighted by atomic mass is 11.9. The zero-order valence-corrected chi connectivity index (χ0v) is 12.2. The van der Waals surface area contributed by atoms with E-state index in [0.29, 0.717) is 0 Å². The van der Waals surface area contributed by atoms with Gasteiger partial charge in [0, 0.05) is 19.6 Å². The molecular formula is C3H17N3O7Si3. The first kappa shape index (κ1) is 16.3. The smallest absolute Gasteiger partial charge is 0.390 e. The third-order valence-electron chi connectivity index (χ3n) is 1.40. The Morgan fingerprint density at radius 2 is 1.06 bits per heavy atom. The first-order valence-corrected chi connectivity index (χ1v) is 10.8. The molecule has 98 valence electrons. The fraction of sp³-hybridized carbons (Fsp3) is 1.00. The Balaban J connectivity index is 4.67. The van der Waals surface area contributed by atoms with Gasteiger partial charge in [-0.15, -0.1) is 0 Å². The van der Waals surface area contributed by atoms with Crippen LogP contribution in [0.4, 0.5) is 0 Å². The predicted molar refractivity (Wildman–Crippen MR) is 57.3 cm³/mol. The lowest BCUT2D eigenvalue weighted by Crippen LogP contribution is -2.61. The van der Waals surface area contributed by atoms with Crippen molar-refractivity contribution in [1.82, 2.24) is 0 Å². The van der Waals surface area contributed by atoms with Crippen molar-refractivity contribution in [3.63, 3.8) is 0 Å². The Bertz CT molecular complexity index is 210. The van der Waals surface area contributed by atoms with E-state index in [2.05, 4.69) is 13.6 Å². The van der Waals surface area contributed by atoms with E-state index in [4.69, 9.17) is 25.9 Å². The quantitative estimate of drug-likeness (QED) is 0.247. The molecule has 13 heteroatoms. The Morgan fingerprint density at radius 1 is 0.750 bits per heavy atom. The lowest BCUT2D eigenvalue weighted by Gasteiger charge is -2.32. The summed E-state index contributed by atoms with van der Waals surface area (Å²) in [6.07, 6.45) is 0. The standard InChI is InChI=1S/C3H17N3O7Si3/c1-14(7,9-4)12-16(3,11-6)13-15(2,8)10-5/h7-8H,4-6H2,1-3H3. The van der Waals surface area contributed by atoms with Crippen molar-refractivity contribution in [2.45, 2.75) is 19.6 Å². The molecule has 0 heterocycles. The van der Waals surface area contributed by atoms with Crippen molar-refractivity contribution in [3.05, 3.63) is 0 Å². The van der Waals surface area contributed by atoms with Crippen molar-refractivity contribution < 1.29 is 31.4 Å². The van der Waals surface area contributed by atoms with Gasteiger partial charge in [-0.2, -0.15) is 0 Å². The molecule has 0 aromatic carbocycles. The highest BCUT2D eigenvalue weighted by Gasteiger charge is 2.51. The Labute approximate surface area is 95.8 Å². The second kappa shape index (κ2) is 5.73. The first-order chi connectivity index (χ1) is 7.10. The topological polar surface area (TPSA) is 165 Å². The van der Waals surface area contributed by atoms with Crippen molar-refractivity contribution in [2.24, 2.45) is 17.7 Å². The highest BCUT2D eigenvalue weighted by molar-refractivity contribution is 6.78. The van der Waals surface area contributed by atoms with E-state index in [9.17, 15) is 9.59 Å². The van der Waals surface area contributed by atoms with Gasteiger partial charge in [0.15, 0.2) is 0 Å². The average Bonchev–Trinajstić information content (AvgIpc) is 2.16. The molecule has 0 amide bonds. The third-order valence-corrected chi connectivity index (χ3v) is 8.70. The van der Waals surface area contributed by atoms with Crippen molar-refractivity contribution >= 4 is 26.4 Å². The van der Waals surface area contributed by atoms with Crippen LogP contribution in [0.2, 0.25) is 19.6 Å². The molecule has 0 aliphatic rings. The van der Waals surface area contributed by atoms with E-state index in [-0.39, 0.29) is 0 Å². The van der Waals surface area contributed by atoms with Gasteiger partial charge in [0.25, 0.3) is 0 Å². The fourth-order valence-electron chi connectivity index (χ4n) is 0.805. The summed E-state index contributed by atoms with van der Waals surface area (Å²) >= 11 is 0. The van der Waals surface area contributed by atoms with Gasteiger partial charge >= 0.3 is 26.4 Å². The summed E-state index contributed by atoms with van der Waals surface area (Å²) in [5.74, 6) is 14.6. The van der Waals surface area contributed by atoms with Crippen LogP contribution in [0.15, 0.2) is 0 Å². The molecule has 2 unspecified atom stereocenters. The molecule has 0 spiro atoms. The van der Waals surface area contributed by atoms with Crippen LogP contribution in [0.3, 0.4) is 0 Å². The molecule has 0 rings (SSSR count). The Hall–Kier alpha value is 0.251. The number of hydrogen-bond donors (Lipinski definition) is 5. The first-order valence-electron chi connectivity index (χ1n) is 4.08. The Morgan fingerprint density at radius 3 is 1.25 bits per heavy atom.